The number of carbonyl (C=O) groups is 2. The van der Waals surface area contributed by atoms with Gasteiger partial charge in [-0.25, -0.2) is 4.79 Å². The Labute approximate surface area is 155 Å². The lowest BCUT2D eigenvalue weighted by atomic mass is 9.97. The molecule has 0 fully saturated rings. The van der Waals surface area contributed by atoms with Crippen molar-refractivity contribution in [3.63, 3.8) is 0 Å². The third-order valence-corrected chi connectivity index (χ3v) is 4.30. The Hall–Kier alpha value is -2.56. The van der Waals surface area contributed by atoms with E-state index >= 15 is 0 Å². The number of methoxy groups -OCH3 is 1. The average Bonchev–Trinajstić information content (AvgIpc) is 2.67. The first-order valence-electron chi connectivity index (χ1n) is 9.07. The van der Waals surface area contributed by atoms with Gasteiger partial charge in [0.05, 0.1) is 7.11 Å². The molecule has 1 atom stereocenters. The van der Waals surface area contributed by atoms with Gasteiger partial charge in [0.2, 0.25) is 0 Å². The maximum absolute atomic E-state index is 12.0. The van der Waals surface area contributed by atoms with Gasteiger partial charge in [0.1, 0.15) is 5.75 Å². The lowest BCUT2D eigenvalue weighted by Crippen LogP contribution is -2.36. The number of amides is 1. The first kappa shape index (κ1) is 19.8. The number of hydrogen-bond donors (Lipinski definition) is 1. The Morgan fingerprint density at radius 3 is 2.88 bits per heavy atom. The summed E-state index contributed by atoms with van der Waals surface area (Å²) in [5, 5.41) is 2.83. The molecule has 1 aromatic rings. The van der Waals surface area contributed by atoms with Gasteiger partial charge in [-0.15, -0.1) is 0 Å². The Morgan fingerprint density at radius 2 is 2.15 bits per heavy atom. The van der Waals surface area contributed by atoms with Crippen LogP contribution in [0.3, 0.4) is 0 Å². The van der Waals surface area contributed by atoms with Gasteiger partial charge in [-0.3, -0.25) is 4.79 Å². The van der Waals surface area contributed by atoms with E-state index in [4.69, 9.17) is 9.47 Å². The molecule has 0 saturated carbocycles. The number of hydrogen-bond acceptors (Lipinski definition) is 4. The molecule has 140 valence electrons. The molecule has 0 radical (unpaired) electrons. The minimum absolute atomic E-state index is 0.274. The number of ether oxygens (including phenoxy) is 2. The molecule has 0 heterocycles. The molecule has 0 unspecified atom stereocenters. The van der Waals surface area contributed by atoms with E-state index in [0.29, 0.717) is 12.3 Å². The van der Waals surface area contributed by atoms with Crippen LogP contribution in [0.4, 0.5) is 0 Å². The van der Waals surface area contributed by atoms with Crippen LogP contribution in [0.5, 0.6) is 5.75 Å². The van der Waals surface area contributed by atoms with Gasteiger partial charge in [-0.05, 0) is 62.8 Å². The molecule has 1 aliphatic rings. The van der Waals surface area contributed by atoms with Gasteiger partial charge in [0.15, 0.2) is 6.10 Å². The normalized spacial score (nSPS) is 15.2. The highest BCUT2D eigenvalue weighted by atomic mass is 16.5. The van der Waals surface area contributed by atoms with E-state index in [1.54, 1.807) is 26.2 Å². The zero-order valence-electron chi connectivity index (χ0n) is 15.5. The summed E-state index contributed by atoms with van der Waals surface area (Å²) in [7, 11) is 1.59. The van der Waals surface area contributed by atoms with Crippen LogP contribution in [0.1, 0.15) is 44.6 Å². The summed E-state index contributed by atoms with van der Waals surface area (Å²) in [6.07, 6.45) is 9.99. The number of allylic oxidation sites excluding steroid dienone is 1. The standard InChI is InChI=1S/C21H27NO4/c1-16(21(24)22-14-13-17-7-4-3-5-8-17)26-20(23)12-11-18-9-6-10-19(15-18)25-2/h6-7,9-12,15-16H,3-5,8,13-14H2,1-2H3,(H,22,24)/b12-11+/t16-/m1/s1. The van der Waals surface area contributed by atoms with E-state index in [0.717, 1.165) is 24.8 Å². The summed E-state index contributed by atoms with van der Waals surface area (Å²) in [5.74, 6) is -0.114. The van der Waals surface area contributed by atoms with E-state index in [2.05, 4.69) is 11.4 Å². The van der Waals surface area contributed by atoms with Gasteiger partial charge in [-0.2, -0.15) is 0 Å². The van der Waals surface area contributed by atoms with Crippen LogP contribution >= 0.6 is 0 Å². The topological polar surface area (TPSA) is 64.6 Å². The number of benzene rings is 1. The molecule has 2 rings (SSSR count). The minimum atomic E-state index is -0.821. The van der Waals surface area contributed by atoms with Crippen molar-refractivity contribution in [3.8, 4) is 5.75 Å². The lowest BCUT2D eigenvalue weighted by molar-refractivity contribution is -0.150. The van der Waals surface area contributed by atoms with Gasteiger partial charge in [-0.1, -0.05) is 23.8 Å². The molecule has 26 heavy (non-hydrogen) atoms. The second-order valence-corrected chi connectivity index (χ2v) is 6.34. The van der Waals surface area contributed by atoms with E-state index < -0.39 is 12.1 Å². The van der Waals surface area contributed by atoms with Crippen molar-refractivity contribution in [2.24, 2.45) is 0 Å². The lowest BCUT2D eigenvalue weighted by Gasteiger charge is -2.15. The molecule has 5 nitrogen and oxygen atoms in total. The van der Waals surface area contributed by atoms with Gasteiger partial charge >= 0.3 is 5.97 Å². The summed E-state index contributed by atoms with van der Waals surface area (Å²) >= 11 is 0. The largest absolute Gasteiger partial charge is 0.497 e. The van der Waals surface area contributed by atoms with Crippen LogP contribution in [0, 0.1) is 0 Å². The molecule has 1 aromatic carbocycles. The van der Waals surface area contributed by atoms with Crippen molar-refractivity contribution in [2.75, 3.05) is 13.7 Å². The molecule has 0 aliphatic heterocycles. The van der Waals surface area contributed by atoms with Gasteiger partial charge in [0, 0.05) is 12.6 Å². The molecule has 5 heteroatoms. The first-order chi connectivity index (χ1) is 12.6. The quantitative estimate of drug-likeness (QED) is 0.438. The van der Waals surface area contributed by atoms with E-state index in [-0.39, 0.29) is 5.91 Å². The van der Waals surface area contributed by atoms with Crippen molar-refractivity contribution in [3.05, 3.63) is 47.6 Å². The van der Waals surface area contributed by atoms with Crippen LogP contribution in [-0.2, 0) is 14.3 Å². The molecule has 0 bridgehead atoms. The first-order valence-corrected chi connectivity index (χ1v) is 9.07. The Bertz CT molecular complexity index is 678. The maximum Gasteiger partial charge on any atom is 0.331 e. The summed E-state index contributed by atoms with van der Waals surface area (Å²) in [6.45, 7) is 2.15. The van der Waals surface area contributed by atoms with Crippen LogP contribution in [0.2, 0.25) is 0 Å². The zero-order valence-corrected chi connectivity index (χ0v) is 15.5. The van der Waals surface area contributed by atoms with Crippen molar-refractivity contribution >= 4 is 18.0 Å². The summed E-state index contributed by atoms with van der Waals surface area (Å²) in [4.78, 5) is 23.9. The summed E-state index contributed by atoms with van der Waals surface area (Å²) in [6, 6.07) is 7.31. The van der Waals surface area contributed by atoms with E-state index in [1.165, 1.54) is 24.5 Å². The zero-order chi connectivity index (χ0) is 18.8. The van der Waals surface area contributed by atoms with Crippen molar-refractivity contribution in [2.45, 2.75) is 45.1 Å². The number of carbonyl (C=O) groups excluding carboxylic acids is 2. The predicted octanol–water partition coefficient (Wildman–Crippen LogP) is 3.65. The molecular weight excluding hydrogens is 330 g/mol. The highest BCUT2D eigenvalue weighted by molar-refractivity contribution is 5.90. The maximum atomic E-state index is 12.0. The Kier molecular flexibility index (Phi) is 7.93. The fourth-order valence-corrected chi connectivity index (χ4v) is 2.80. The minimum Gasteiger partial charge on any atom is -0.497 e. The molecule has 1 amide bonds. The molecule has 1 aliphatic carbocycles. The van der Waals surface area contributed by atoms with Crippen LogP contribution in [-0.4, -0.2) is 31.6 Å². The van der Waals surface area contributed by atoms with Crippen LogP contribution in [0.25, 0.3) is 6.08 Å². The SMILES string of the molecule is COc1cccc(/C=C/C(=O)O[C@H](C)C(=O)NCCC2=CCCCC2)c1. The molecule has 0 spiro atoms. The molecular formula is C21H27NO4. The van der Waals surface area contributed by atoms with Crippen LogP contribution < -0.4 is 10.1 Å². The number of esters is 1. The number of rotatable bonds is 8. The fourth-order valence-electron chi connectivity index (χ4n) is 2.80. The summed E-state index contributed by atoms with van der Waals surface area (Å²) in [5.41, 5.74) is 2.22. The van der Waals surface area contributed by atoms with Crippen molar-refractivity contribution in [1.82, 2.24) is 5.32 Å². The van der Waals surface area contributed by atoms with Crippen LogP contribution in [0.15, 0.2) is 42.0 Å². The van der Waals surface area contributed by atoms with Gasteiger partial charge in [0.25, 0.3) is 5.91 Å². The third-order valence-electron chi connectivity index (χ3n) is 4.30. The smallest absolute Gasteiger partial charge is 0.331 e. The van der Waals surface area contributed by atoms with Crippen molar-refractivity contribution < 1.29 is 19.1 Å². The summed E-state index contributed by atoms with van der Waals surface area (Å²) < 4.78 is 10.3. The van der Waals surface area contributed by atoms with Gasteiger partial charge < -0.3 is 14.8 Å². The highest BCUT2D eigenvalue weighted by Gasteiger charge is 2.16. The van der Waals surface area contributed by atoms with E-state index in [1.807, 2.05) is 18.2 Å². The number of nitrogens with one attached hydrogen (secondary N) is 1. The molecule has 0 aromatic heterocycles. The monoisotopic (exact) mass is 357 g/mol. The fraction of sp³-hybridized carbons (Fsp3) is 0.429. The Balaban J connectivity index is 1.73. The average molecular weight is 357 g/mol. The second kappa shape index (κ2) is 10.4. The molecule has 0 saturated heterocycles. The third kappa shape index (κ3) is 6.75. The molecule has 1 N–H and O–H groups in total. The highest BCUT2D eigenvalue weighted by Crippen LogP contribution is 2.19. The predicted molar refractivity (Wildman–Crippen MR) is 102 cm³/mol. The second-order valence-electron chi connectivity index (χ2n) is 6.34. The van der Waals surface area contributed by atoms with E-state index in [9.17, 15) is 9.59 Å². The van der Waals surface area contributed by atoms with Crippen molar-refractivity contribution in [1.29, 1.82) is 0 Å². The Morgan fingerprint density at radius 1 is 1.31 bits per heavy atom.